The minimum absolute atomic E-state index is 0.301. The summed E-state index contributed by atoms with van der Waals surface area (Å²) in [6, 6.07) is 0. The van der Waals surface area contributed by atoms with E-state index in [4.69, 9.17) is 7.85 Å². The minimum atomic E-state index is -4.66. The number of hydrogen-bond donors (Lipinski definition) is 0. The molecule has 0 unspecified atom stereocenters. The predicted molar refractivity (Wildman–Crippen MR) is 42.7 cm³/mol. The molecule has 0 aliphatic carbocycles. The monoisotopic (exact) mass is 248 g/mol. The molecule has 9 heteroatoms. The van der Waals surface area contributed by atoms with Gasteiger partial charge in [0.05, 0.1) is 7.85 Å². The van der Waals surface area contributed by atoms with Crippen LogP contribution in [0.3, 0.4) is 0 Å². The molecular formula is C7H7BF6O2. The molecule has 0 amide bonds. The second kappa shape index (κ2) is 5.90. The molecule has 16 heavy (non-hydrogen) atoms. The first-order valence-electron chi connectivity index (χ1n) is 3.93. The molecule has 2 nitrogen and oxygen atoms in total. The van der Waals surface area contributed by atoms with E-state index in [0.29, 0.717) is 0 Å². The van der Waals surface area contributed by atoms with Crippen molar-refractivity contribution in [2.75, 3.05) is 13.2 Å². The van der Waals surface area contributed by atoms with Gasteiger partial charge < -0.3 is 9.47 Å². The first-order chi connectivity index (χ1) is 7.14. The second-order valence-electron chi connectivity index (χ2n) is 2.57. The van der Waals surface area contributed by atoms with E-state index in [1.807, 2.05) is 0 Å². The summed E-state index contributed by atoms with van der Waals surface area (Å²) in [5.41, 5.74) is 0. The molecule has 0 aromatic rings. The zero-order valence-corrected chi connectivity index (χ0v) is 7.86. The van der Waals surface area contributed by atoms with Gasteiger partial charge in [0.2, 0.25) is 0 Å². The van der Waals surface area contributed by atoms with Crippen molar-refractivity contribution in [2.24, 2.45) is 0 Å². The molecule has 0 spiro atoms. The molecule has 0 aromatic carbocycles. The van der Waals surface area contributed by atoms with Crippen molar-refractivity contribution in [3.05, 3.63) is 12.0 Å². The summed E-state index contributed by atoms with van der Waals surface area (Å²) in [6.45, 7) is -3.48. The van der Waals surface area contributed by atoms with Crippen molar-refractivity contribution in [3.8, 4) is 0 Å². The Hall–Kier alpha value is -1.02. The molecule has 0 aromatic heterocycles. The smallest absolute Gasteiger partial charge is 0.422 e. The first-order valence-corrected chi connectivity index (χ1v) is 3.93. The maximum Gasteiger partial charge on any atom is 0.422 e. The number of alkyl halides is 6. The van der Waals surface area contributed by atoms with Gasteiger partial charge in [-0.25, -0.2) is 0 Å². The van der Waals surface area contributed by atoms with Crippen LogP contribution in [0.5, 0.6) is 0 Å². The molecule has 0 fully saturated rings. The van der Waals surface area contributed by atoms with Gasteiger partial charge in [0.1, 0.15) is 0 Å². The van der Waals surface area contributed by atoms with Crippen LogP contribution in [0.1, 0.15) is 0 Å². The Morgan fingerprint density at radius 3 is 1.56 bits per heavy atom. The van der Waals surface area contributed by atoms with Gasteiger partial charge in [-0.1, -0.05) is 6.32 Å². The van der Waals surface area contributed by atoms with Crippen molar-refractivity contribution in [1.29, 1.82) is 0 Å². The number of ether oxygens (including phenoxy) is 2. The lowest BCUT2D eigenvalue weighted by atomic mass is 10.1. The van der Waals surface area contributed by atoms with Gasteiger partial charge in [-0.05, 0) is 6.08 Å². The summed E-state index contributed by atoms with van der Waals surface area (Å²) in [4.78, 5) is 0. The SMILES string of the molecule is [B]CC=C(OCC(F)(F)F)OCC(F)(F)F. The number of rotatable bonds is 5. The third-order valence-electron chi connectivity index (χ3n) is 1.04. The molecular weight excluding hydrogens is 241 g/mol. The lowest BCUT2D eigenvalue weighted by Gasteiger charge is -2.14. The van der Waals surface area contributed by atoms with Gasteiger partial charge in [-0.2, -0.15) is 26.3 Å². The fourth-order valence-electron chi connectivity index (χ4n) is 0.562. The van der Waals surface area contributed by atoms with E-state index in [2.05, 4.69) is 9.47 Å². The van der Waals surface area contributed by atoms with Gasteiger partial charge in [-0.3, -0.25) is 0 Å². The molecule has 0 bridgehead atoms. The van der Waals surface area contributed by atoms with Crippen molar-refractivity contribution in [1.82, 2.24) is 0 Å². The Kier molecular flexibility index (Phi) is 5.53. The van der Waals surface area contributed by atoms with Gasteiger partial charge in [0, 0.05) is 0 Å². The van der Waals surface area contributed by atoms with Gasteiger partial charge >= 0.3 is 12.4 Å². The van der Waals surface area contributed by atoms with E-state index >= 15 is 0 Å². The zero-order chi connectivity index (χ0) is 12.8. The second-order valence-corrected chi connectivity index (χ2v) is 2.57. The number of halogens is 6. The third-order valence-corrected chi connectivity index (χ3v) is 1.04. The van der Waals surface area contributed by atoms with E-state index in [1.165, 1.54) is 0 Å². The van der Waals surface area contributed by atoms with Crippen LogP contribution in [0, 0.1) is 0 Å². The lowest BCUT2D eigenvalue weighted by molar-refractivity contribution is -0.198. The van der Waals surface area contributed by atoms with Crippen LogP contribution in [-0.2, 0) is 9.47 Å². The highest BCUT2D eigenvalue weighted by Gasteiger charge is 2.31. The fraction of sp³-hybridized carbons (Fsp3) is 0.714. The highest BCUT2D eigenvalue weighted by atomic mass is 19.4. The Labute approximate surface area is 88.6 Å². The molecule has 0 saturated heterocycles. The molecule has 0 aliphatic rings. The molecule has 2 radical (unpaired) electrons. The topological polar surface area (TPSA) is 18.5 Å². The summed E-state index contributed by atoms with van der Waals surface area (Å²) in [5.74, 6) is -0.892. The average Bonchev–Trinajstić information content (AvgIpc) is 2.07. The van der Waals surface area contributed by atoms with Crippen LogP contribution < -0.4 is 0 Å². The Bertz CT molecular complexity index is 214. The third kappa shape index (κ3) is 9.54. The molecule has 0 aliphatic heterocycles. The molecule has 0 N–H and O–H groups in total. The van der Waals surface area contributed by atoms with Crippen LogP contribution in [0.15, 0.2) is 12.0 Å². The van der Waals surface area contributed by atoms with Gasteiger partial charge in [0.15, 0.2) is 13.2 Å². The average molecular weight is 248 g/mol. The Morgan fingerprint density at radius 2 is 1.31 bits per heavy atom. The summed E-state index contributed by atoms with van der Waals surface area (Å²) >= 11 is 0. The first kappa shape index (κ1) is 15.0. The number of allylic oxidation sites excluding steroid dienone is 1. The van der Waals surface area contributed by atoms with Crippen LogP contribution in [0.2, 0.25) is 6.32 Å². The summed E-state index contributed by atoms with van der Waals surface area (Å²) in [7, 11) is 4.91. The van der Waals surface area contributed by atoms with E-state index in [9.17, 15) is 26.3 Å². The maximum atomic E-state index is 11.7. The molecule has 0 atom stereocenters. The van der Waals surface area contributed by atoms with E-state index in [-0.39, 0.29) is 6.32 Å². The van der Waals surface area contributed by atoms with E-state index < -0.39 is 31.5 Å². The normalized spacial score (nSPS) is 12.1. The Morgan fingerprint density at radius 1 is 0.938 bits per heavy atom. The molecule has 0 saturated carbocycles. The predicted octanol–water partition coefficient (Wildman–Crippen LogP) is 2.57. The largest absolute Gasteiger partial charge is 0.456 e. The van der Waals surface area contributed by atoms with Crippen LogP contribution >= 0.6 is 0 Å². The van der Waals surface area contributed by atoms with Crippen molar-refractivity contribution in [2.45, 2.75) is 18.7 Å². The minimum Gasteiger partial charge on any atom is -0.456 e. The zero-order valence-electron chi connectivity index (χ0n) is 7.86. The molecule has 0 rings (SSSR count). The standard InChI is InChI=1S/C7H7BF6O2/c8-2-1-5(15-3-6(9,10)11)16-4-7(12,13)14/h1H,2-4H2. The highest BCUT2D eigenvalue weighted by Crippen LogP contribution is 2.20. The van der Waals surface area contributed by atoms with Gasteiger partial charge in [0.25, 0.3) is 5.95 Å². The maximum absolute atomic E-state index is 11.7. The lowest BCUT2D eigenvalue weighted by Crippen LogP contribution is -2.21. The highest BCUT2D eigenvalue weighted by molar-refractivity contribution is 6.09. The van der Waals surface area contributed by atoms with E-state index in [1.54, 1.807) is 0 Å². The summed E-state index contributed by atoms with van der Waals surface area (Å²) < 4.78 is 78.0. The molecule has 92 valence electrons. The fourth-order valence-corrected chi connectivity index (χ4v) is 0.562. The van der Waals surface area contributed by atoms with Crippen LogP contribution in [0.25, 0.3) is 0 Å². The van der Waals surface area contributed by atoms with Crippen molar-refractivity contribution >= 4 is 7.85 Å². The van der Waals surface area contributed by atoms with Crippen LogP contribution in [-0.4, -0.2) is 33.4 Å². The molecule has 0 heterocycles. The summed E-state index contributed by atoms with van der Waals surface area (Å²) in [5, 5.41) is 0. The summed E-state index contributed by atoms with van der Waals surface area (Å²) in [6.07, 6.45) is -8.84. The number of hydrogen-bond acceptors (Lipinski definition) is 2. The van der Waals surface area contributed by atoms with Crippen LogP contribution in [0.4, 0.5) is 26.3 Å². The van der Waals surface area contributed by atoms with Gasteiger partial charge in [-0.15, -0.1) is 0 Å². The van der Waals surface area contributed by atoms with Crippen molar-refractivity contribution < 1.29 is 35.8 Å². The quantitative estimate of drug-likeness (QED) is 0.423. The van der Waals surface area contributed by atoms with E-state index in [0.717, 1.165) is 6.08 Å². The Balaban J connectivity index is 4.15. The van der Waals surface area contributed by atoms with Crippen molar-refractivity contribution in [3.63, 3.8) is 0 Å².